The molecule has 76 valence electrons. The lowest BCUT2D eigenvalue weighted by Crippen LogP contribution is -2.03. The van der Waals surface area contributed by atoms with E-state index in [1.165, 1.54) is 6.07 Å². The number of aliphatic carboxylic acids is 1. The van der Waals surface area contributed by atoms with Gasteiger partial charge in [-0.3, -0.25) is 9.78 Å². The maximum atomic E-state index is 12.3. The van der Waals surface area contributed by atoms with Crippen molar-refractivity contribution in [2.75, 3.05) is 0 Å². The van der Waals surface area contributed by atoms with E-state index in [1.807, 2.05) is 0 Å². The maximum absolute atomic E-state index is 12.3. The van der Waals surface area contributed by atoms with Crippen LogP contribution in [0.1, 0.15) is 23.4 Å². The predicted octanol–water partition coefficient (Wildman–Crippen LogP) is 1.95. The van der Waals surface area contributed by atoms with E-state index >= 15 is 0 Å². The Morgan fingerprint density at radius 2 is 2.21 bits per heavy atom. The molecule has 3 nitrogen and oxygen atoms in total. The van der Waals surface area contributed by atoms with E-state index in [0.29, 0.717) is 11.3 Å². The highest BCUT2D eigenvalue weighted by Gasteiger charge is 2.11. The quantitative estimate of drug-likeness (QED) is 0.813. The van der Waals surface area contributed by atoms with Crippen LogP contribution in [0.15, 0.2) is 12.1 Å². The van der Waals surface area contributed by atoms with E-state index in [1.54, 1.807) is 6.92 Å². The highest BCUT2D eigenvalue weighted by Crippen LogP contribution is 2.18. The molecular weight excluding hydrogens is 192 g/mol. The summed E-state index contributed by atoms with van der Waals surface area (Å²) in [4.78, 5) is 14.0. The Morgan fingerprint density at radius 1 is 1.57 bits per heavy atom. The van der Waals surface area contributed by atoms with E-state index in [0.717, 1.165) is 6.07 Å². The van der Waals surface area contributed by atoms with Gasteiger partial charge < -0.3 is 5.11 Å². The van der Waals surface area contributed by atoms with E-state index in [2.05, 4.69) is 4.98 Å². The summed E-state index contributed by atoms with van der Waals surface area (Å²) in [7, 11) is 0. The van der Waals surface area contributed by atoms with Crippen LogP contribution in [0.5, 0.6) is 0 Å². The lowest BCUT2D eigenvalue weighted by Gasteiger charge is -2.03. The molecule has 0 fully saturated rings. The van der Waals surface area contributed by atoms with Gasteiger partial charge in [0, 0.05) is 5.69 Å². The number of rotatable bonds is 3. The summed E-state index contributed by atoms with van der Waals surface area (Å²) < 4.78 is 24.5. The second-order valence-corrected chi connectivity index (χ2v) is 2.91. The van der Waals surface area contributed by atoms with Gasteiger partial charge in [0.2, 0.25) is 0 Å². The largest absolute Gasteiger partial charge is 0.481 e. The van der Waals surface area contributed by atoms with Gasteiger partial charge >= 0.3 is 5.97 Å². The Balaban J connectivity index is 3.01. The first kappa shape index (κ1) is 10.6. The maximum Gasteiger partial charge on any atom is 0.307 e. The van der Waals surface area contributed by atoms with Gasteiger partial charge in [0.25, 0.3) is 6.43 Å². The zero-order valence-corrected chi connectivity index (χ0v) is 7.50. The Labute approximate surface area is 79.4 Å². The average Bonchev–Trinajstić information content (AvgIpc) is 2.01. The van der Waals surface area contributed by atoms with Gasteiger partial charge in [-0.1, -0.05) is 0 Å². The molecule has 1 aromatic heterocycles. The summed E-state index contributed by atoms with van der Waals surface area (Å²) in [6, 6.07) is 2.60. The molecule has 14 heavy (non-hydrogen) atoms. The molecular formula is C9H9F2NO2. The number of aromatic nitrogens is 1. The molecule has 0 bridgehead atoms. The van der Waals surface area contributed by atoms with Gasteiger partial charge in [0.15, 0.2) is 0 Å². The van der Waals surface area contributed by atoms with Gasteiger partial charge in [-0.25, -0.2) is 8.78 Å². The van der Waals surface area contributed by atoms with Crippen LogP contribution in [-0.2, 0) is 11.2 Å². The number of nitrogens with zero attached hydrogens (tertiary/aromatic N) is 1. The van der Waals surface area contributed by atoms with Crippen molar-refractivity contribution >= 4 is 5.97 Å². The van der Waals surface area contributed by atoms with Crippen molar-refractivity contribution < 1.29 is 18.7 Å². The minimum atomic E-state index is -2.66. The monoisotopic (exact) mass is 201 g/mol. The fraction of sp³-hybridized carbons (Fsp3) is 0.333. The fourth-order valence-electron chi connectivity index (χ4n) is 1.16. The molecule has 1 aromatic rings. The van der Waals surface area contributed by atoms with Crippen molar-refractivity contribution in [3.63, 3.8) is 0 Å². The van der Waals surface area contributed by atoms with E-state index in [4.69, 9.17) is 5.11 Å². The van der Waals surface area contributed by atoms with Crippen LogP contribution in [0.4, 0.5) is 8.78 Å². The number of pyridine rings is 1. The number of alkyl halides is 2. The van der Waals surface area contributed by atoms with Crippen LogP contribution in [0.25, 0.3) is 0 Å². The number of carbonyl (C=O) groups is 1. The number of carboxylic acid groups (broad SMARTS) is 1. The molecule has 1 rings (SSSR count). The van der Waals surface area contributed by atoms with E-state index < -0.39 is 12.4 Å². The number of hydrogen-bond donors (Lipinski definition) is 1. The first-order valence-electron chi connectivity index (χ1n) is 3.96. The summed E-state index contributed by atoms with van der Waals surface area (Å²) in [6.45, 7) is 1.55. The molecule has 0 aliphatic carbocycles. The van der Waals surface area contributed by atoms with Crippen molar-refractivity contribution in [2.24, 2.45) is 0 Å². The highest BCUT2D eigenvalue weighted by atomic mass is 19.3. The number of carboxylic acids is 1. The minimum absolute atomic E-state index is 0.261. The third-order valence-electron chi connectivity index (χ3n) is 1.61. The minimum Gasteiger partial charge on any atom is -0.481 e. The molecule has 1 N–H and O–H groups in total. The fourth-order valence-corrected chi connectivity index (χ4v) is 1.16. The second kappa shape index (κ2) is 4.13. The highest BCUT2D eigenvalue weighted by molar-refractivity contribution is 5.70. The molecule has 0 saturated carbocycles. The van der Waals surface area contributed by atoms with Gasteiger partial charge in [0.05, 0.1) is 6.42 Å². The second-order valence-electron chi connectivity index (χ2n) is 2.91. The van der Waals surface area contributed by atoms with Crippen LogP contribution < -0.4 is 0 Å². The van der Waals surface area contributed by atoms with Gasteiger partial charge in [0.1, 0.15) is 5.69 Å². The molecule has 0 aliphatic heterocycles. The molecule has 0 amide bonds. The summed E-state index contributed by atoms with van der Waals surface area (Å²) in [6.07, 6.45) is -2.93. The predicted molar refractivity (Wildman–Crippen MR) is 45.3 cm³/mol. The van der Waals surface area contributed by atoms with Crippen molar-refractivity contribution in [3.05, 3.63) is 29.1 Å². The number of halogens is 2. The molecule has 0 aromatic carbocycles. The van der Waals surface area contributed by atoms with Crippen molar-refractivity contribution in [3.8, 4) is 0 Å². The Bertz CT molecular complexity index is 353. The Kier molecular flexibility index (Phi) is 3.11. The molecule has 0 atom stereocenters. The third-order valence-corrected chi connectivity index (χ3v) is 1.61. The summed E-state index contributed by atoms with van der Waals surface area (Å²) in [5.74, 6) is -1.05. The zero-order chi connectivity index (χ0) is 10.7. The normalized spacial score (nSPS) is 10.6. The molecule has 1 heterocycles. The first-order chi connectivity index (χ1) is 6.49. The molecule has 0 saturated heterocycles. The van der Waals surface area contributed by atoms with Crippen LogP contribution >= 0.6 is 0 Å². The molecule has 5 heteroatoms. The van der Waals surface area contributed by atoms with E-state index in [-0.39, 0.29) is 12.1 Å². The summed E-state index contributed by atoms with van der Waals surface area (Å²) in [5, 5.41) is 8.48. The van der Waals surface area contributed by atoms with Gasteiger partial charge in [-0.15, -0.1) is 0 Å². The zero-order valence-electron chi connectivity index (χ0n) is 7.50. The van der Waals surface area contributed by atoms with Crippen LogP contribution in [-0.4, -0.2) is 16.1 Å². The van der Waals surface area contributed by atoms with Crippen molar-refractivity contribution in [1.82, 2.24) is 4.98 Å². The van der Waals surface area contributed by atoms with Gasteiger partial charge in [-0.2, -0.15) is 0 Å². The van der Waals surface area contributed by atoms with E-state index in [9.17, 15) is 13.6 Å². The molecule has 0 radical (unpaired) electrons. The standard InChI is InChI=1S/C9H9F2NO2/c1-5-2-6(4-8(13)14)3-7(12-5)9(10)11/h2-3,9H,4H2,1H3,(H,13,14). The lowest BCUT2D eigenvalue weighted by atomic mass is 10.1. The average molecular weight is 201 g/mol. The molecule has 0 spiro atoms. The van der Waals surface area contributed by atoms with Crippen LogP contribution in [0.2, 0.25) is 0 Å². The smallest absolute Gasteiger partial charge is 0.307 e. The Morgan fingerprint density at radius 3 is 2.71 bits per heavy atom. The summed E-state index contributed by atoms with van der Waals surface area (Å²) >= 11 is 0. The number of hydrogen-bond acceptors (Lipinski definition) is 2. The topological polar surface area (TPSA) is 50.2 Å². The molecule has 0 unspecified atom stereocenters. The first-order valence-corrected chi connectivity index (χ1v) is 3.96. The summed E-state index contributed by atoms with van der Waals surface area (Å²) in [5.41, 5.74) is 0.376. The third kappa shape index (κ3) is 2.76. The van der Waals surface area contributed by atoms with Crippen LogP contribution in [0.3, 0.4) is 0 Å². The Hall–Kier alpha value is -1.52. The SMILES string of the molecule is Cc1cc(CC(=O)O)cc(C(F)F)n1. The molecule has 0 aliphatic rings. The van der Waals surface area contributed by atoms with Crippen molar-refractivity contribution in [1.29, 1.82) is 0 Å². The van der Waals surface area contributed by atoms with Crippen LogP contribution in [0, 0.1) is 6.92 Å². The van der Waals surface area contributed by atoms with Crippen molar-refractivity contribution in [2.45, 2.75) is 19.8 Å². The van der Waals surface area contributed by atoms with Gasteiger partial charge in [-0.05, 0) is 24.6 Å². The lowest BCUT2D eigenvalue weighted by molar-refractivity contribution is -0.136. The number of aryl methyl sites for hydroxylation is 1.